The fourth-order valence-electron chi connectivity index (χ4n) is 7.49. The van der Waals surface area contributed by atoms with Crippen molar-refractivity contribution in [2.45, 2.75) is 271 Å². The van der Waals surface area contributed by atoms with Crippen molar-refractivity contribution in [1.82, 2.24) is 0 Å². The highest BCUT2D eigenvalue weighted by atomic mass is 16.6. The van der Waals surface area contributed by atoms with E-state index < -0.39 is 6.10 Å². The van der Waals surface area contributed by atoms with Crippen LogP contribution < -0.4 is 0 Å². The molecule has 1 atom stereocenters. The molecule has 0 spiro atoms. The molecular formula is C57H100O6. The normalized spacial score (nSPS) is 12.5. The van der Waals surface area contributed by atoms with E-state index in [4.69, 9.17) is 14.2 Å². The summed E-state index contributed by atoms with van der Waals surface area (Å²) in [5.41, 5.74) is 0. The maximum absolute atomic E-state index is 12.8. The fourth-order valence-corrected chi connectivity index (χ4v) is 7.49. The van der Waals surface area contributed by atoms with Crippen LogP contribution in [0.2, 0.25) is 0 Å². The highest BCUT2D eigenvalue weighted by molar-refractivity contribution is 5.71. The highest BCUT2D eigenvalue weighted by Gasteiger charge is 2.19. The lowest BCUT2D eigenvalue weighted by molar-refractivity contribution is -0.167. The minimum absolute atomic E-state index is 0.0885. The van der Waals surface area contributed by atoms with Crippen LogP contribution >= 0.6 is 0 Å². The minimum Gasteiger partial charge on any atom is -0.462 e. The third-order valence-electron chi connectivity index (χ3n) is 11.5. The lowest BCUT2D eigenvalue weighted by atomic mass is 10.0. The molecule has 6 heteroatoms. The molecule has 0 unspecified atom stereocenters. The highest BCUT2D eigenvalue weighted by Crippen LogP contribution is 2.16. The Morgan fingerprint density at radius 3 is 1.03 bits per heavy atom. The second-order valence-corrected chi connectivity index (χ2v) is 17.8. The smallest absolute Gasteiger partial charge is 0.306 e. The van der Waals surface area contributed by atoms with Crippen molar-refractivity contribution in [2.75, 3.05) is 13.2 Å². The van der Waals surface area contributed by atoms with Crippen LogP contribution in [0.4, 0.5) is 0 Å². The second kappa shape index (κ2) is 51.7. The zero-order valence-corrected chi connectivity index (χ0v) is 41.6. The van der Waals surface area contributed by atoms with Gasteiger partial charge in [0.2, 0.25) is 0 Å². The van der Waals surface area contributed by atoms with Crippen molar-refractivity contribution in [3.63, 3.8) is 0 Å². The standard InChI is InChI=1S/C57H100O6/c1-4-7-10-13-16-19-22-25-27-28-30-33-35-38-41-44-47-50-56(59)62-53-54(63-57(60)51-48-45-42-39-36-31-24-21-18-15-12-9-6-3)52-61-55(58)49-46-43-40-37-34-32-29-26-23-20-17-14-11-8-5-2/h8,11,17,20-21,24,26,29,34,37,54H,4-7,9-10,12-16,18-19,22-23,25,27-28,30-33,35-36,38-53H2,1-3H3/b11-8-,20-17-,24-21-,29-26-,37-34-/t54-/m1/s1. The molecule has 0 aromatic rings. The topological polar surface area (TPSA) is 78.9 Å². The molecule has 0 aliphatic rings. The number of ether oxygens (including phenoxy) is 3. The van der Waals surface area contributed by atoms with Crippen molar-refractivity contribution in [3.05, 3.63) is 60.8 Å². The zero-order valence-electron chi connectivity index (χ0n) is 41.6. The number of carbonyl (C=O) groups is 3. The molecule has 63 heavy (non-hydrogen) atoms. The monoisotopic (exact) mass is 881 g/mol. The van der Waals surface area contributed by atoms with Crippen molar-refractivity contribution in [1.29, 1.82) is 0 Å². The van der Waals surface area contributed by atoms with Crippen LogP contribution in [-0.4, -0.2) is 37.2 Å². The zero-order chi connectivity index (χ0) is 45.8. The molecule has 0 heterocycles. The Kier molecular flexibility index (Phi) is 49.4. The Bertz CT molecular complexity index is 1150. The second-order valence-electron chi connectivity index (χ2n) is 17.8. The molecular weight excluding hydrogens is 781 g/mol. The summed E-state index contributed by atoms with van der Waals surface area (Å²) in [5.74, 6) is -0.933. The van der Waals surface area contributed by atoms with E-state index in [1.54, 1.807) is 0 Å². The van der Waals surface area contributed by atoms with Gasteiger partial charge < -0.3 is 14.2 Å². The predicted molar refractivity (Wildman–Crippen MR) is 270 cm³/mol. The van der Waals surface area contributed by atoms with Crippen molar-refractivity contribution in [2.24, 2.45) is 0 Å². The van der Waals surface area contributed by atoms with Gasteiger partial charge in [0.05, 0.1) is 0 Å². The van der Waals surface area contributed by atoms with Crippen LogP contribution in [0.15, 0.2) is 60.8 Å². The van der Waals surface area contributed by atoms with Gasteiger partial charge in [0.25, 0.3) is 0 Å². The van der Waals surface area contributed by atoms with E-state index in [1.807, 2.05) is 0 Å². The van der Waals surface area contributed by atoms with Crippen LogP contribution in [-0.2, 0) is 28.6 Å². The number of unbranched alkanes of at least 4 members (excludes halogenated alkanes) is 27. The summed E-state index contributed by atoms with van der Waals surface area (Å²) in [6, 6.07) is 0. The number of hydrogen-bond acceptors (Lipinski definition) is 6. The third kappa shape index (κ3) is 50.0. The number of hydrogen-bond donors (Lipinski definition) is 0. The minimum atomic E-state index is -0.793. The number of allylic oxidation sites excluding steroid dienone is 10. The van der Waals surface area contributed by atoms with E-state index in [0.717, 1.165) is 96.3 Å². The van der Waals surface area contributed by atoms with Gasteiger partial charge in [0.15, 0.2) is 6.10 Å². The molecule has 0 fully saturated rings. The summed E-state index contributed by atoms with van der Waals surface area (Å²) in [6.45, 7) is 6.48. The molecule has 0 rings (SSSR count). The lowest BCUT2D eigenvalue weighted by Gasteiger charge is -2.18. The molecule has 0 radical (unpaired) electrons. The first kappa shape index (κ1) is 60.1. The Hall–Kier alpha value is -2.89. The molecule has 0 amide bonds. The van der Waals surface area contributed by atoms with Gasteiger partial charge in [-0.1, -0.05) is 223 Å². The van der Waals surface area contributed by atoms with Gasteiger partial charge in [-0.3, -0.25) is 14.4 Å². The van der Waals surface area contributed by atoms with Crippen LogP contribution in [0, 0.1) is 0 Å². The van der Waals surface area contributed by atoms with Gasteiger partial charge >= 0.3 is 17.9 Å². The first-order valence-electron chi connectivity index (χ1n) is 26.8. The number of carbonyl (C=O) groups excluding carboxylic acids is 3. The SMILES string of the molecule is CC/C=C\C/C=C\C/C=C\C/C=C\CCCCC(=O)OC[C@H](COC(=O)CCCCCCCCCCCCCCCCCCC)OC(=O)CCCCCCC/C=C\CCCCCC. The maximum Gasteiger partial charge on any atom is 0.306 e. The molecule has 0 N–H and O–H groups in total. The Morgan fingerprint density at radius 1 is 0.333 bits per heavy atom. The summed E-state index contributed by atoms with van der Waals surface area (Å²) in [5, 5.41) is 0. The van der Waals surface area contributed by atoms with Gasteiger partial charge in [0.1, 0.15) is 13.2 Å². The van der Waals surface area contributed by atoms with Crippen LogP contribution in [0.3, 0.4) is 0 Å². The Labute approximate surface area is 390 Å². The Morgan fingerprint density at radius 2 is 0.619 bits per heavy atom. The van der Waals surface area contributed by atoms with E-state index in [1.165, 1.54) is 128 Å². The lowest BCUT2D eigenvalue weighted by Crippen LogP contribution is -2.30. The molecule has 0 aromatic heterocycles. The summed E-state index contributed by atoms with van der Waals surface area (Å²) in [6.07, 6.45) is 63.5. The van der Waals surface area contributed by atoms with Gasteiger partial charge in [0, 0.05) is 19.3 Å². The molecule has 364 valence electrons. The average molecular weight is 881 g/mol. The predicted octanol–water partition coefficient (Wildman–Crippen LogP) is 17.6. The molecule has 0 aromatic carbocycles. The van der Waals surface area contributed by atoms with Crippen LogP contribution in [0.5, 0.6) is 0 Å². The largest absolute Gasteiger partial charge is 0.462 e. The number of esters is 3. The summed E-state index contributed by atoms with van der Waals surface area (Å²) in [4.78, 5) is 38.0. The van der Waals surface area contributed by atoms with Crippen molar-refractivity contribution in [3.8, 4) is 0 Å². The molecule has 0 aliphatic carbocycles. The van der Waals surface area contributed by atoms with Gasteiger partial charge in [-0.15, -0.1) is 0 Å². The summed E-state index contributed by atoms with van der Waals surface area (Å²) < 4.78 is 16.8. The van der Waals surface area contributed by atoms with Crippen molar-refractivity contribution >= 4 is 17.9 Å². The van der Waals surface area contributed by atoms with Crippen LogP contribution in [0.1, 0.15) is 265 Å². The molecule has 0 saturated heterocycles. The molecule has 0 aliphatic heterocycles. The fraction of sp³-hybridized carbons (Fsp3) is 0.772. The quantitative estimate of drug-likeness (QED) is 0.0262. The van der Waals surface area contributed by atoms with Gasteiger partial charge in [-0.05, 0) is 83.5 Å². The summed E-state index contributed by atoms with van der Waals surface area (Å²) >= 11 is 0. The maximum atomic E-state index is 12.8. The van der Waals surface area contributed by atoms with Gasteiger partial charge in [-0.25, -0.2) is 0 Å². The first-order chi connectivity index (χ1) is 31.0. The Balaban J connectivity index is 4.41. The van der Waals surface area contributed by atoms with Crippen LogP contribution in [0.25, 0.3) is 0 Å². The van der Waals surface area contributed by atoms with E-state index in [-0.39, 0.29) is 31.1 Å². The number of rotatable bonds is 48. The molecule has 6 nitrogen and oxygen atoms in total. The van der Waals surface area contributed by atoms with E-state index in [0.29, 0.717) is 19.3 Å². The van der Waals surface area contributed by atoms with Crippen molar-refractivity contribution < 1.29 is 28.6 Å². The third-order valence-corrected chi connectivity index (χ3v) is 11.5. The van der Waals surface area contributed by atoms with E-state index >= 15 is 0 Å². The van der Waals surface area contributed by atoms with E-state index in [9.17, 15) is 14.4 Å². The molecule has 0 saturated carbocycles. The average Bonchev–Trinajstić information content (AvgIpc) is 3.28. The first-order valence-corrected chi connectivity index (χ1v) is 26.8. The summed E-state index contributed by atoms with van der Waals surface area (Å²) in [7, 11) is 0. The molecule has 0 bridgehead atoms. The van der Waals surface area contributed by atoms with Gasteiger partial charge in [-0.2, -0.15) is 0 Å². The van der Waals surface area contributed by atoms with E-state index in [2.05, 4.69) is 81.5 Å².